The number of hydrogen-bond acceptors (Lipinski definition) is 2. The highest BCUT2D eigenvalue weighted by Gasteiger charge is 2.08. The van der Waals surface area contributed by atoms with E-state index in [4.69, 9.17) is 28.3 Å². The number of hydrogen-bond donors (Lipinski definition) is 1. The van der Waals surface area contributed by atoms with Gasteiger partial charge in [0.15, 0.2) is 0 Å². The van der Waals surface area contributed by atoms with Crippen molar-refractivity contribution in [1.82, 2.24) is 4.90 Å². The summed E-state index contributed by atoms with van der Waals surface area (Å²) < 4.78 is 0. The van der Waals surface area contributed by atoms with Crippen molar-refractivity contribution in [2.45, 2.75) is 13.3 Å². The lowest BCUT2D eigenvalue weighted by Crippen LogP contribution is -2.30. The zero-order chi connectivity index (χ0) is 14.3. The number of aliphatic hydroxyl groups is 1. The van der Waals surface area contributed by atoms with Crippen LogP contribution in [0.25, 0.3) is 6.08 Å². The van der Waals surface area contributed by atoms with E-state index < -0.39 is 0 Å². The predicted octanol–water partition coefficient (Wildman–Crippen LogP) is 3.24. The third-order valence-electron chi connectivity index (χ3n) is 2.67. The number of aliphatic hydroxyl groups excluding tert-OH is 1. The SMILES string of the molecule is CCN(CCCO)C(=O)/C=C/c1cccc(Cl)c1Cl. The summed E-state index contributed by atoms with van der Waals surface area (Å²) in [5, 5.41) is 9.68. The molecule has 0 heterocycles. The number of halogens is 2. The standard InChI is InChI=1S/C14H17Cl2NO2/c1-2-17(9-4-10-18)13(19)8-7-11-5-3-6-12(15)14(11)16/h3,5-8,18H,2,4,9-10H2,1H3/b8-7+. The third-order valence-corrected chi connectivity index (χ3v) is 3.50. The van der Waals surface area contributed by atoms with Gasteiger partial charge in [-0.25, -0.2) is 0 Å². The maximum absolute atomic E-state index is 11.9. The quantitative estimate of drug-likeness (QED) is 0.820. The molecule has 0 unspecified atom stereocenters. The molecule has 1 N–H and O–H groups in total. The van der Waals surface area contributed by atoms with Gasteiger partial charge in [-0.05, 0) is 31.1 Å². The Kier molecular flexibility index (Phi) is 6.92. The number of carbonyl (C=O) groups is 1. The van der Waals surface area contributed by atoms with Gasteiger partial charge in [-0.3, -0.25) is 4.79 Å². The van der Waals surface area contributed by atoms with Gasteiger partial charge in [-0.1, -0.05) is 35.3 Å². The lowest BCUT2D eigenvalue weighted by Gasteiger charge is -2.18. The Morgan fingerprint density at radius 2 is 2.16 bits per heavy atom. The molecule has 104 valence electrons. The van der Waals surface area contributed by atoms with Crippen LogP contribution >= 0.6 is 23.2 Å². The molecule has 1 rings (SSSR count). The van der Waals surface area contributed by atoms with Crippen molar-refractivity contribution >= 4 is 35.2 Å². The first kappa shape index (κ1) is 16.0. The molecule has 19 heavy (non-hydrogen) atoms. The topological polar surface area (TPSA) is 40.5 Å². The fourth-order valence-electron chi connectivity index (χ4n) is 1.60. The van der Waals surface area contributed by atoms with E-state index in [1.54, 1.807) is 29.2 Å². The highest BCUT2D eigenvalue weighted by molar-refractivity contribution is 6.42. The van der Waals surface area contributed by atoms with Crippen LogP contribution in [0.1, 0.15) is 18.9 Å². The Balaban J connectivity index is 2.74. The first-order valence-corrected chi connectivity index (χ1v) is 6.87. The van der Waals surface area contributed by atoms with Crippen LogP contribution in [0.5, 0.6) is 0 Å². The van der Waals surface area contributed by atoms with Gasteiger partial charge in [0.2, 0.25) is 5.91 Å². The summed E-state index contributed by atoms with van der Waals surface area (Å²) in [6.45, 7) is 3.12. The van der Waals surface area contributed by atoms with Crippen molar-refractivity contribution in [3.05, 3.63) is 39.9 Å². The number of amides is 1. The highest BCUT2D eigenvalue weighted by Crippen LogP contribution is 2.26. The normalized spacial score (nSPS) is 10.9. The molecule has 0 spiro atoms. The maximum Gasteiger partial charge on any atom is 0.246 e. The second-order valence-electron chi connectivity index (χ2n) is 3.97. The smallest absolute Gasteiger partial charge is 0.246 e. The van der Waals surface area contributed by atoms with Gasteiger partial charge in [0, 0.05) is 25.8 Å². The van der Waals surface area contributed by atoms with Crippen molar-refractivity contribution in [3.8, 4) is 0 Å². The van der Waals surface area contributed by atoms with Gasteiger partial charge in [0.05, 0.1) is 10.0 Å². The molecular formula is C14H17Cl2NO2. The van der Waals surface area contributed by atoms with E-state index in [2.05, 4.69) is 0 Å². The van der Waals surface area contributed by atoms with Crippen LogP contribution < -0.4 is 0 Å². The summed E-state index contributed by atoms with van der Waals surface area (Å²) in [6, 6.07) is 5.27. The van der Waals surface area contributed by atoms with Crippen molar-refractivity contribution in [2.24, 2.45) is 0 Å². The molecule has 0 aliphatic heterocycles. The largest absolute Gasteiger partial charge is 0.396 e. The average Bonchev–Trinajstić information content (AvgIpc) is 2.41. The second kappa shape index (κ2) is 8.20. The Labute approximate surface area is 123 Å². The van der Waals surface area contributed by atoms with E-state index in [1.807, 2.05) is 6.92 Å². The molecule has 5 heteroatoms. The highest BCUT2D eigenvalue weighted by atomic mass is 35.5. The summed E-state index contributed by atoms with van der Waals surface area (Å²) >= 11 is 11.9. The number of nitrogens with zero attached hydrogens (tertiary/aromatic N) is 1. The van der Waals surface area contributed by atoms with Gasteiger partial charge in [0.1, 0.15) is 0 Å². The molecule has 1 aromatic rings. The summed E-state index contributed by atoms with van der Waals surface area (Å²) in [6.07, 6.45) is 3.70. The van der Waals surface area contributed by atoms with Crippen LogP contribution in [0.3, 0.4) is 0 Å². The van der Waals surface area contributed by atoms with Crippen molar-refractivity contribution in [3.63, 3.8) is 0 Å². The maximum atomic E-state index is 11.9. The molecule has 0 atom stereocenters. The van der Waals surface area contributed by atoms with E-state index in [0.29, 0.717) is 35.1 Å². The number of carbonyl (C=O) groups excluding carboxylic acids is 1. The molecule has 0 radical (unpaired) electrons. The fourth-order valence-corrected chi connectivity index (χ4v) is 1.97. The molecule has 1 aromatic carbocycles. The summed E-state index contributed by atoms with van der Waals surface area (Å²) in [4.78, 5) is 13.6. The van der Waals surface area contributed by atoms with Gasteiger partial charge in [-0.15, -0.1) is 0 Å². The van der Waals surface area contributed by atoms with Crippen LogP contribution in [-0.2, 0) is 4.79 Å². The number of likely N-dealkylation sites (N-methyl/N-ethyl adjacent to an activating group) is 1. The molecule has 3 nitrogen and oxygen atoms in total. The average molecular weight is 302 g/mol. The first-order valence-electron chi connectivity index (χ1n) is 6.12. The molecule has 0 aromatic heterocycles. The summed E-state index contributed by atoms with van der Waals surface area (Å²) in [7, 11) is 0. The van der Waals surface area contributed by atoms with Gasteiger partial charge < -0.3 is 10.0 Å². The predicted molar refractivity (Wildman–Crippen MR) is 79.5 cm³/mol. The zero-order valence-electron chi connectivity index (χ0n) is 10.8. The minimum absolute atomic E-state index is 0.0770. The van der Waals surface area contributed by atoms with Gasteiger partial charge >= 0.3 is 0 Å². The summed E-state index contributed by atoms with van der Waals surface area (Å²) in [5.74, 6) is -0.105. The number of rotatable bonds is 6. The minimum atomic E-state index is -0.105. The van der Waals surface area contributed by atoms with E-state index in [0.717, 1.165) is 0 Å². The molecule has 0 aliphatic carbocycles. The third kappa shape index (κ3) is 4.86. The van der Waals surface area contributed by atoms with Crippen molar-refractivity contribution in [1.29, 1.82) is 0 Å². The first-order chi connectivity index (χ1) is 9.10. The van der Waals surface area contributed by atoms with E-state index in [-0.39, 0.29) is 12.5 Å². The van der Waals surface area contributed by atoms with Crippen LogP contribution in [-0.4, -0.2) is 35.6 Å². The Morgan fingerprint density at radius 1 is 1.42 bits per heavy atom. The monoisotopic (exact) mass is 301 g/mol. The molecule has 1 amide bonds. The van der Waals surface area contributed by atoms with Gasteiger partial charge in [0.25, 0.3) is 0 Å². The van der Waals surface area contributed by atoms with E-state index in [1.165, 1.54) is 6.08 Å². The second-order valence-corrected chi connectivity index (χ2v) is 4.76. The lowest BCUT2D eigenvalue weighted by molar-refractivity contribution is -0.125. The van der Waals surface area contributed by atoms with Crippen molar-refractivity contribution in [2.75, 3.05) is 19.7 Å². The van der Waals surface area contributed by atoms with E-state index in [9.17, 15) is 4.79 Å². The molecule has 0 aliphatic rings. The molecule has 0 bridgehead atoms. The molecule has 0 saturated carbocycles. The number of benzene rings is 1. The van der Waals surface area contributed by atoms with Crippen LogP contribution in [0.2, 0.25) is 10.0 Å². The van der Waals surface area contributed by atoms with Crippen LogP contribution in [0.15, 0.2) is 24.3 Å². The molecule has 0 saturated heterocycles. The Bertz CT molecular complexity index is 461. The molecular weight excluding hydrogens is 285 g/mol. The lowest BCUT2D eigenvalue weighted by atomic mass is 10.2. The fraction of sp³-hybridized carbons (Fsp3) is 0.357. The zero-order valence-corrected chi connectivity index (χ0v) is 12.3. The van der Waals surface area contributed by atoms with Crippen LogP contribution in [0.4, 0.5) is 0 Å². The van der Waals surface area contributed by atoms with Crippen molar-refractivity contribution < 1.29 is 9.90 Å². The Morgan fingerprint density at radius 3 is 2.79 bits per heavy atom. The van der Waals surface area contributed by atoms with Gasteiger partial charge in [-0.2, -0.15) is 0 Å². The van der Waals surface area contributed by atoms with Crippen LogP contribution in [0, 0.1) is 0 Å². The van der Waals surface area contributed by atoms with E-state index >= 15 is 0 Å². The minimum Gasteiger partial charge on any atom is -0.396 e. The molecule has 0 fully saturated rings. The Hall–Kier alpha value is -1.03. The summed E-state index contributed by atoms with van der Waals surface area (Å²) in [5.41, 5.74) is 0.709.